The molecule has 0 aliphatic carbocycles. The average molecular weight is 377 g/mol. The third-order valence-corrected chi connectivity index (χ3v) is 4.59. The molecule has 2 aromatic heterocycles. The maximum atomic E-state index is 14.1. The number of carboxylic acids is 1. The van der Waals surface area contributed by atoms with Gasteiger partial charge in [-0.3, -0.25) is 14.2 Å². The molecule has 1 N–H and O–H groups in total. The molecule has 138 valence electrons. The monoisotopic (exact) mass is 377 g/mol. The normalized spacial score (nSPS) is 10.3. The van der Waals surface area contributed by atoms with E-state index >= 15 is 0 Å². The highest BCUT2D eigenvalue weighted by Crippen LogP contribution is 2.32. The van der Waals surface area contributed by atoms with Crippen molar-refractivity contribution in [3.8, 4) is 5.75 Å². The van der Waals surface area contributed by atoms with Crippen molar-refractivity contribution in [2.75, 3.05) is 7.11 Å². The van der Waals surface area contributed by atoms with Gasteiger partial charge in [-0.1, -0.05) is 13.8 Å². The van der Waals surface area contributed by atoms with E-state index in [1.54, 1.807) is 23.8 Å². The summed E-state index contributed by atoms with van der Waals surface area (Å²) in [5, 5.41) is 13.1. The smallest absolute Gasteiger partial charge is 0.307 e. The number of thiophene rings is 1. The van der Waals surface area contributed by atoms with Crippen molar-refractivity contribution >= 4 is 34.1 Å². The Kier molecular flexibility index (Phi) is 6.15. The summed E-state index contributed by atoms with van der Waals surface area (Å²) < 4.78 is 20.5. The summed E-state index contributed by atoms with van der Waals surface area (Å²) in [6.45, 7) is 5.66. The largest absolute Gasteiger partial charge is 0.494 e. The number of nitrogens with zero attached hydrogens (tertiary/aromatic N) is 1. The molecule has 0 aliphatic heterocycles. The van der Waals surface area contributed by atoms with Crippen LogP contribution in [0.15, 0.2) is 29.0 Å². The Labute approximate surface area is 154 Å². The molecule has 0 fully saturated rings. The molecule has 0 bridgehead atoms. The number of carbonyl (C=O) groups excluding carboxylic acids is 1. The second kappa shape index (κ2) is 8.14. The fourth-order valence-electron chi connectivity index (χ4n) is 2.79. The first kappa shape index (κ1) is 19.7. The Morgan fingerprint density at radius 3 is 2.54 bits per heavy atom. The molecule has 7 heteroatoms. The van der Waals surface area contributed by atoms with Gasteiger partial charge in [0.05, 0.1) is 24.6 Å². The SMILES string of the molecule is CC.COc1cc2c(CC(=O)O)c(C)n(C(=O)c3ccsc3)c2cc1F. The topological polar surface area (TPSA) is 68.5 Å². The standard InChI is InChI=1S/C17H14FNO4S.C2H6/c1-9-11(6-16(20)21)12-5-15(23-2)13(18)7-14(12)19(9)17(22)10-3-4-24-8-10;1-2/h3-5,7-8H,6H2,1-2H3,(H,20,21);1-2H3. The number of aliphatic carboxylic acids is 1. The predicted molar refractivity (Wildman–Crippen MR) is 99.9 cm³/mol. The van der Waals surface area contributed by atoms with Gasteiger partial charge in [0.25, 0.3) is 5.91 Å². The first-order chi connectivity index (χ1) is 12.4. The second-order valence-corrected chi connectivity index (χ2v) is 6.07. The molecule has 3 rings (SSSR count). The van der Waals surface area contributed by atoms with Crippen molar-refractivity contribution in [2.45, 2.75) is 27.2 Å². The fourth-order valence-corrected chi connectivity index (χ4v) is 3.42. The van der Waals surface area contributed by atoms with E-state index in [9.17, 15) is 14.0 Å². The highest BCUT2D eigenvalue weighted by Gasteiger charge is 2.23. The third kappa shape index (κ3) is 3.48. The molecule has 0 amide bonds. The van der Waals surface area contributed by atoms with E-state index in [-0.39, 0.29) is 18.1 Å². The van der Waals surface area contributed by atoms with Crippen LogP contribution in [0.4, 0.5) is 4.39 Å². The molecule has 26 heavy (non-hydrogen) atoms. The summed E-state index contributed by atoms with van der Waals surface area (Å²) in [5.41, 5.74) is 1.76. The maximum Gasteiger partial charge on any atom is 0.307 e. The summed E-state index contributed by atoms with van der Waals surface area (Å²) in [6, 6.07) is 4.32. The Balaban J connectivity index is 0.00000117. The highest BCUT2D eigenvalue weighted by molar-refractivity contribution is 7.08. The number of aromatic nitrogens is 1. The molecule has 1 aromatic carbocycles. The van der Waals surface area contributed by atoms with Crippen molar-refractivity contribution < 1.29 is 23.8 Å². The number of ether oxygens (including phenoxy) is 1. The molecule has 0 atom stereocenters. The van der Waals surface area contributed by atoms with Crippen LogP contribution in [0.1, 0.15) is 35.5 Å². The number of benzene rings is 1. The van der Waals surface area contributed by atoms with E-state index in [1.165, 1.54) is 35.1 Å². The van der Waals surface area contributed by atoms with Crippen molar-refractivity contribution in [3.05, 3.63) is 51.6 Å². The number of hydrogen-bond donors (Lipinski definition) is 1. The minimum Gasteiger partial charge on any atom is -0.494 e. The summed E-state index contributed by atoms with van der Waals surface area (Å²) in [6.07, 6.45) is -0.263. The van der Waals surface area contributed by atoms with E-state index in [4.69, 9.17) is 9.84 Å². The van der Waals surface area contributed by atoms with Crippen molar-refractivity contribution in [2.24, 2.45) is 0 Å². The van der Waals surface area contributed by atoms with Crippen LogP contribution in [0.25, 0.3) is 10.9 Å². The molecule has 0 aliphatic rings. The number of halogens is 1. The minimum atomic E-state index is -1.02. The zero-order chi connectivity index (χ0) is 19.4. The lowest BCUT2D eigenvalue weighted by atomic mass is 10.1. The summed E-state index contributed by atoms with van der Waals surface area (Å²) >= 11 is 1.38. The lowest BCUT2D eigenvalue weighted by Gasteiger charge is -2.07. The summed E-state index contributed by atoms with van der Waals surface area (Å²) in [7, 11) is 1.33. The van der Waals surface area contributed by atoms with Gasteiger partial charge in [-0.25, -0.2) is 4.39 Å². The van der Waals surface area contributed by atoms with Crippen LogP contribution in [0.2, 0.25) is 0 Å². The Morgan fingerprint density at radius 2 is 2.00 bits per heavy atom. The molecular weight excluding hydrogens is 357 g/mol. The van der Waals surface area contributed by atoms with Crippen molar-refractivity contribution in [1.29, 1.82) is 0 Å². The highest BCUT2D eigenvalue weighted by atomic mass is 32.1. The quantitative estimate of drug-likeness (QED) is 0.727. The number of hydrogen-bond acceptors (Lipinski definition) is 4. The van der Waals surface area contributed by atoms with Gasteiger partial charge in [0.15, 0.2) is 11.6 Å². The van der Waals surface area contributed by atoms with E-state index in [1.807, 2.05) is 13.8 Å². The van der Waals surface area contributed by atoms with Crippen LogP contribution in [0, 0.1) is 12.7 Å². The van der Waals surface area contributed by atoms with Crippen LogP contribution in [0.3, 0.4) is 0 Å². The Morgan fingerprint density at radius 1 is 1.31 bits per heavy atom. The molecule has 2 heterocycles. The first-order valence-electron chi connectivity index (χ1n) is 8.10. The van der Waals surface area contributed by atoms with E-state index in [0.717, 1.165) is 0 Å². The zero-order valence-electron chi connectivity index (χ0n) is 15.0. The fraction of sp³-hybridized carbons (Fsp3) is 0.263. The number of carboxylic acid groups (broad SMARTS) is 1. The number of methoxy groups -OCH3 is 1. The van der Waals surface area contributed by atoms with E-state index in [0.29, 0.717) is 27.7 Å². The Hall–Kier alpha value is -2.67. The molecular formula is C19H20FNO4S. The average Bonchev–Trinajstić information content (AvgIpc) is 3.23. The van der Waals surface area contributed by atoms with Gasteiger partial charge in [0.2, 0.25) is 0 Å². The van der Waals surface area contributed by atoms with Gasteiger partial charge < -0.3 is 9.84 Å². The minimum absolute atomic E-state index is 0.00858. The van der Waals surface area contributed by atoms with Crippen LogP contribution >= 0.6 is 11.3 Å². The van der Waals surface area contributed by atoms with Crippen LogP contribution in [0.5, 0.6) is 5.75 Å². The second-order valence-electron chi connectivity index (χ2n) is 5.29. The molecule has 0 spiro atoms. The van der Waals surface area contributed by atoms with Gasteiger partial charge in [0, 0.05) is 22.5 Å². The van der Waals surface area contributed by atoms with Gasteiger partial charge in [-0.05, 0) is 30.0 Å². The van der Waals surface area contributed by atoms with Crippen LogP contribution in [-0.2, 0) is 11.2 Å². The van der Waals surface area contributed by atoms with Gasteiger partial charge in [-0.15, -0.1) is 0 Å². The molecule has 0 unspecified atom stereocenters. The predicted octanol–water partition coefficient (Wildman–Crippen LogP) is 4.50. The molecule has 3 aromatic rings. The van der Waals surface area contributed by atoms with Crippen molar-refractivity contribution in [1.82, 2.24) is 4.57 Å². The molecule has 0 radical (unpaired) electrons. The summed E-state index contributed by atoms with van der Waals surface area (Å²) in [4.78, 5) is 24.0. The lowest BCUT2D eigenvalue weighted by Crippen LogP contribution is -2.13. The third-order valence-electron chi connectivity index (χ3n) is 3.91. The maximum absolute atomic E-state index is 14.1. The number of rotatable bonds is 4. The van der Waals surface area contributed by atoms with Crippen LogP contribution in [-0.4, -0.2) is 28.7 Å². The van der Waals surface area contributed by atoms with Gasteiger partial charge in [-0.2, -0.15) is 11.3 Å². The van der Waals surface area contributed by atoms with Gasteiger partial charge >= 0.3 is 5.97 Å². The van der Waals surface area contributed by atoms with Crippen LogP contribution < -0.4 is 4.74 Å². The summed E-state index contributed by atoms with van der Waals surface area (Å²) in [5.74, 6) is -1.94. The molecule has 0 saturated heterocycles. The zero-order valence-corrected chi connectivity index (χ0v) is 15.8. The van der Waals surface area contributed by atoms with E-state index in [2.05, 4.69) is 0 Å². The number of fused-ring (bicyclic) bond motifs is 1. The van der Waals surface area contributed by atoms with E-state index < -0.39 is 11.8 Å². The Bertz CT molecular complexity index is 945. The first-order valence-corrected chi connectivity index (χ1v) is 9.04. The number of carbonyl (C=O) groups is 2. The lowest BCUT2D eigenvalue weighted by molar-refractivity contribution is -0.136. The molecule has 5 nitrogen and oxygen atoms in total. The van der Waals surface area contributed by atoms with Crippen molar-refractivity contribution in [3.63, 3.8) is 0 Å². The van der Waals surface area contributed by atoms with Gasteiger partial charge in [0.1, 0.15) is 0 Å². The molecule has 0 saturated carbocycles.